The van der Waals surface area contributed by atoms with Crippen molar-refractivity contribution < 1.29 is 8.78 Å². The van der Waals surface area contributed by atoms with Crippen LogP contribution in [-0.4, -0.2) is 0 Å². The number of benzene rings is 2. The molecule has 0 heterocycles. The minimum Gasteiger partial charge on any atom is -0.271 e. The lowest BCUT2D eigenvalue weighted by molar-refractivity contribution is 0.481. The van der Waals surface area contributed by atoms with Gasteiger partial charge in [-0.2, -0.15) is 0 Å². The van der Waals surface area contributed by atoms with Crippen molar-refractivity contribution in [1.82, 2.24) is 5.43 Å². The van der Waals surface area contributed by atoms with Crippen LogP contribution in [-0.2, 0) is 6.42 Å². The summed E-state index contributed by atoms with van der Waals surface area (Å²) in [7, 11) is 0. The molecule has 3 N–H and O–H groups in total. The molecule has 0 aliphatic rings. The molecular formula is C15H15ClF2N2. The van der Waals surface area contributed by atoms with E-state index < -0.39 is 11.6 Å². The first kappa shape index (κ1) is 14.9. The standard InChI is InChI=1S/C15H15ClF2N2/c1-9-5-11(7-12(16)6-9)14(20-19)8-10-3-2-4-13(17)15(10)18/h2-7,14,20H,8,19H2,1H3. The number of nitrogens with one attached hydrogen (secondary N) is 1. The van der Waals surface area contributed by atoms with Crippen LogP contribution in [0.2, 0.25) is 5.02 Å². The molecule has 5 heteroatoms. The summed E-state index contributed by atoms with van der Waals surface area (Å²) in [5.41, 5.74) is 4.70. The average Bonchev–Trinajstić information content (AvgIpc) is 2.39. The van der Waals surface area contributed by atoms with E-state index in [4.69, 9.17) is 17.4 Å². The zero-order valence-corrected chi connectivity index (χ0v) is 11.7. The number of hydrazine groups is 1. The minimum atomic E-state index is -0.861. The molecule has 20 heavy (non-hydrogen) atoms. The van der Waals surface area contributed by atoms with E-state index in [2.05, 4.69) is 5.43 Å². The Balaban J connectivity index is 2.31. The normalized spacial score (nSPS) is 12.4. The van der Waals surface area contributed by atoms with Gasteiger partial charge in [0.2, 0.25) is 0 Å². The lowest BCUT2D eigenvalue weighted by atomic mass is 9.97. The molecule has 0 aromatic heterocycles. The molecule has 0 aliphatic heterocycles. The summed E-state index contributed by atoms with van der Waals surface area (Å²) in [6.45, 7) is 1.91. The van der Waals surface area contributed by atoms with Gasteiger partial charge in [-0.3, -0.25) is 11.3 Å². The smallest absolute Gasteiger partial charge is 0.162 e. The summed E-state index contributed by atoms with van der Waals surface area (Å²) >= 11 is 6.01. The lowest BCUT2D eigenvalue weighted by Gasteiger charge is -2.18. The van der Waals surface area contributed by atoms with Gasteiger partial charge < -0.3 is 0 Å². The van der Waals surface area contributed by atoms with Crippen molar-refractivity contribution in [2.75, 3.05) is 0 Å². The van der Waals surface area contributed by atoms with Crippen LogP contribution in [0.25, 0.3) is 0 Å². The lowest BCUT2D eigenvalue weighted by Crippen LogP contribution is -2.30. The SMILES string of the molecule is Cc1cc(Cl)cc(C(Cc2cccc(F)c2F)NN)c1. The Labute approximate surface area is 121 Å². The van der Waals surface area contributed by atoms with Gasteiger partial charge in [-0.1, -0.05) is 29.8 Å². The summed E-state index contributed by atoms with van der Waals surface area (Å²) in [5, 5.41) is 0.583. The van der Waals surface area contributed by atoms with Crippen LogP contribution in [0, 0.1) is 18.6 Å². The Morgan fingerprint density at radius 2 is 2.00 bits per heavy atom. The summed E-state index contributed by atoms with van der Waals surface area (Å²) < 4.78 is 26.9. The predicted octanol–water partition coefficient (Wildman–Crippen LogP) is 3.67. The Morgan fingerprint density at radius 3 is 2.65 bits per heavy atom. The van der Waals surface area contributed by atoms with Crippen molar-refractivity contribution in [2.24, 2.45) is 5.84 Å². The second kappa shape index (κ2) is 6.31. The molecule has 2 aromatic carbocycles. The van der Waals surface area contributed by atoms with Gasteiger partial charge in [-0.15, -0.1) is 0 Å². The van der Waals surface area contributed by atoms with E-state index in [9.17, 15) is 8.78 Å². The molecule has 0 spiro atoms. The molecule has 106 valence electrons. The van der Waals surface area contributed by atoms with Gasteiger partial charge in [-0.05, 0) is 48.2 Å². The van der Waals surface area contributed by atoms with Crippen molar-refractivity contribution >= 4 is 11.6 Å². The van der Waals surface area contributed by atoms with E-state index in [1.54, 1.807) is 12.1 Å². The third-order valence-corrected chi connectivity index (χ3v) is 3.34. The van der Waals surface area contributed by atoms with Crippen molar-refractivity contribution in [2.45, 2.75) is 19.4 Å². The van der Waals surface area contributed by atoms with Crippen LogP contribution in [0.4, 0.5) is 8.78 Å². The van der Waals surface area contributed by atoms with Gasteiger partial charge in [0, 0.05) is 5.02 Å². The average molecular weight is 297 g/mol. The number of hydrogen-bond donors (Lipinski definition) is 2. The Morgan fingerprint density at radius 1 is 1.25 bits per heavy atom. The van der Waals surface area contributed by atoms with Crippen LogP contribution < -0.4 is 11.3 Å². The van der Waals surface area contributed by atoms with Crippen LogP contribution >= 0.6 is 11.6 Å². The summed E-state index contributed by atoms with van der Waals surface area (Å²) in [6, 6.07) is 9.26. The topological polar surface area (TPSA) is 38.0 Å². The van der Waals surface area contributed by atoms with E-state index in [-0.39, 0.29) is 18.0 Å². The first-order chi connectivity index (χ1) is 9.51. The summed E-state index contributed by atoms with van der Waals surface area (Å²) in [6.07, 6.45) is 0.236. The largest absolute Gasteiger partial charge is 0.271 e. The van der Waals surface area contributed by atoms with Crippen molar-refractivity contribution in [1.29, 1.82) is 0 Å². The van der Waals surface area contributed by atoms with Gasteiger partial charge in [0.1, 0.15) is 0 Å². The van der Waals surface area contributed by atoms with Gasteiger partial charge in [-0.25, -0.2) is 8.78 Å². The fraction of sp³-hybridized carbons (Fsp3) is 0.200. The second-order valence-electron chi connectivity index (χ2n) is 4.70. The summed E-state index contributed by atoms with van der Waals surface area (Å²) in [5.74, 6) is 3.83. The molecule has 0 bridgehead atoms. The van der Waals surface area contributed by atoms with Crippen LogP contribution in [0.15, 0.2) is 36.4 Å². The zero-order chi connectivity index (χ0) is 14.7. The highest BCUT2D eigenvalue weighted by Gasteiger charge is 2.16. The third kappa shape index (κ3) is 3.33. The molecule has 0 saturated carbocycles. The van der Waals surface area contributed by atoms with E-state index in [0.29, 0.717) is 5.02 Å². The number of nitrogens with two attached hydrogens (primary N) is 1. The maximum absolute atomic E-state index is 13.7. The van der Waals surface area contributed by atoms with Crippen LogP contribution in [0.1, 0.15) is 22.7 Å². The van der Waals surface area contributed by atoms with E-state index in [0.717, 1.165) is 17.2 Å². The highest BCUT2D eigenvalue weighted by atomic mass is 35.5. The predicted molar refractivity (Wildman–Crippen MR) is 76.3 cm³/mol. The molecule has 1 atom stereocenters. The monoisotopic (exact) mass is 296 g/mol. The second-order valence-corrected chi connectivity index (χ2v) is 5.13. The van der Waals surface area contributed by atoms with E-state index >= 15 is 0 Å². The quantitative estimate of drug-likeness (QED) is 0.667. The van der Waals surface area contributed by atoms with Crippen LogP contribution in [0.5, 0.6) is 0 Å². The fourth-order valence-electron chi connectivity index (χ4n) is 2.16. The number of hydrogen-bond acceptors (Lipinski definition) is 2. The Kier molecular flexibility index (Phi) is 4.70. The highest BCUT2D eigenvalue weighted by molar-refractivity contribution is 6.30. The zero-order valence-electron chi connectivity index (χ0n) is 11.0. The molecule has 1 unspecified atom stereocenters. The van der Waals surface area contributed by atoms with E-state index in [1.165, 1.54) is 6.07 Å². The van der Waals surface area contributed by atoms with Gasteiger partial charge >= 0.3 is 0 Å². The maximum atomic E-state index is 13.7. The molecule has 0 aliphatic carbocycles. The first-order valence-corrected chi connectivity index (χ1v) is 6.55. The number of halogens is 3. The van der Waals surface area contributed by atoms with E-state index in [1.807, 2.05) is 19.1 Å². The van der Waals surface area contributed by atoms with Gasteiger partial charge in [0.15, 0.2) is 11.6 Å². The molecule has 2 rings (SSSR count). The number of rotatable bonds is 4. The Bertz CT molecular complexity index is 597. The third-order valence-electron chi connectivity index (χ3n) is 3.12. The molecule has 0 saturated heterocycles. The van der Waals surface area contributed by atoms with Crippen LogP contribution in [0.3, 0.4) is 0 Å². The highest BCUT2D eigenvalue weighted by Crippen LogP contribution is 2.24. The molecule has 0 radical (unpaired) electrons. The summed E-state index contributed by atoms with van der Waals surface area (Å²) in [4.78, 5) is 0. The fourth-order valence-corrected chi connectivity index (χ4v) is 2.46. The van der Waals surface area contributed by atoms with Crippen molar-refractivity contribution in [3.05, 3.63) is 69.7 Å². The molecule has 0 amide bonds. The molecule has 2 aromatic rings. The van der Waals surface area contributed by atoms with Crippen molar-refractivity contribution in [3.63, 3.8) is 0 Å². The molecular weight excluding hydrogens is 282 g/mol. The first-order valence-electron chi connectivity index (χ1n) is 6.17. The molecule has 2 nitrogen and oxygen atoms in total. The van der Waals surface area contributed by atoms with Gasteiger partial charge in [0.05, 0.1) is 6.04 Å². The minimum absolute atomic E-state index is 0.236. The van der Waals surface area contributed by atoms with Crippen molar-refractivity contribution in [3.8, 4) is 0 Å². The number of aryl methyl sites for hydroxylation is 1. The molecule has 0 fully saturated rings. The Hall–Kier alpha value is -1.49. The maximum Gasteiger partial charge on any atom is 0.162 e. The van der Waals surface area contributed by atoms with Gasteiger partial charge in [0.25, 0.3) is 0 Å².